The molecular weight excluding hydrogens is 236 g/mol. The first kappa shape index (κ1) is 12.3. The zero-order valence-electron chi connectivity index (χ0n) is 11.4. The smallest absolute Gasteiger partial charge is 0.256 e. The Kier molecular flexibility index (Phi) is 3.28. The Morgan fingerprint density at radius 1 is 1.05 bits per heavy atom. The van der Waals surface area contributed by atoms with Gasteiger partial charge in [0, 0.05) is 37.2 Å². The van der Waals surface area contributed by atoms with Gasteiger partial charge in [0.05, 0.1) is 5.56 Å². The number of likely N-dealkylation sites (tertiary alicyclic amines) is 1. The van der Waals surface area contributed by atoms with Crippen LogP contribution in [0.15, 0.2) is 30.5 Å². The predicted octanol–water partition coefficient (Wildman–Crippen LogP) is 3.19. The summed E-state index contributed by atoms with van der Waals surface area (Å²) >= 11 is 0. The van der Waals surface area contributed by atoms with Gasteiger partial charge in [-0.3, -0.25) is 4.79 Å². The van der Waals surface area contributed by atoms with Gasteiger partial charge in [-0.05, 0) is 18.9 Å². The first-order chi connectivity index (χ1) is 9.27. The number of para-hydroxylation sites is 1. The van der Waals surface area contributed by atoms with Crippen molar-refractivity contribution in [3.8, 4) is 0 Å². The zero-order chi connectivity index (χ0) is 13.2. The standard InChI is InChI=1S/C16H20N2O/c1-17-12-14(13-8-4-5-9-15(13)17)16(19)18-10-6-2-3-7-11-18/h4-5,8-9,12H,2-3,6-7,10-11H2,1H3. The Bertz CT molecular complexity index is 592. The molecule has 0 N–H and O–H groups in total. The van der Waals surface area contributed by atoms with Crippen molar-refractivity contribution in [2.45, 2.75) is 25.7 Å². The zero-order valence-corrected chi connectivity index (χ0v) is 11.4. The van der Waals surface area contributed by atoms with Crippen molar-refractivity contribution in [2.75, 3.05) is 13.1 Å². The fourth-order valence-electron chi connectivity index (χ4n) is 2.96. The molecule has 2 heterocycles. The third-order valence-corrected chi connectivity index (χ3v) is 4.02. The highest BCUT2D eigenvalue weighted by molar-refractivity contribution is 6.06. The number of nitrogens with zero attached hydrogens (tertiary/aromatic N) is 2. The highest BCUT2D eigenvalue weighted by Gasteiger charge is 2.20. The fraction of sp³-hybridized carbons (Fsp3) is 0.438. The van der Waals surface area contributed by atoms with Crippen LogP contribution < -0.4 is 0 Å². The molecule has 1 aromatic carbocycles. The minimum Gasteiger partial charge on any atom is -0.350 e. The number of hydrogen-bond donors (Lipinski definition) is 0. The quantitative estimate of drug-likeness (QED) is 0.769. The molecule has 3 rings (SSSR count). The Balaban J connectivity index is 1.97. The van der Waals surface area contributed by atoms with Gasteiger partial charge < -0.3 is 9.47 Å². The van der Waals surface area contributed by atoms with E-state index in [2.05, 4.69) is 6.07 Å². The number of fused-ring (bicyclic) bond motifs is 1. The molecule has 1 saturated heterocycles. The topological polar surface area (TPSA) is 25.2 Å². The SMILES string of the molecule is Cn1cc(C(=O)N2CCCCCC2)c2ccccc21. The third kappa shape index (κ3) is 2.25. The lowest BCUT2D eigenvalue weighted by Gasteiger charge is -2.19. The number of hydrogen-bond acceptors (Lipinski definition) is 1. The van der Waals surface area contributed by atoms with E-state index in [1.54, 1.807) is 0 Å². The molecule has 19 heavy (non-hydrogen) atoms. The second kappa shape index (κ2) is 5.08. The Morgan fingerprint density at radius 2 is 1.74 bits per heavy atom. The Labute approximate surface area is 113 Å². The van der Waals surface area contributed by atoms with Crippen LogP contribution in [0.25, 0.3) is 10.9 Å². The van der Waals surface area contributed by atoms with Crippen LogP contribution in [0, 0.1) is 0 Å². The number of aromatic nitrogens is 1. The summed E-state index contributed by atoms with van der Waals surface area (Å²) in [7, 11) is 2.00. The van der Waals surface area contributed by atoms with Crippen LogP contribution >= 0.6 is 0 Å². The Morgan fingerprint density at radius 3 is 2.47 bits per heavy atom. The van der Waals surface area contributed by atoms with Crippen molar-refractivity contribution in [2.24, 2.45) is 7.05 Å². The van der Waals surface area contributed by atoms with Gasteiger partial charge in [0.15, 0.2) is 0 Å². The number of carbonyl (C=O) groups excluding carboxylic acids is 1. The molecular formula is C16H20N2O. The largest absolute Gasteiger partial charge is 0.350 e. The summed E-state index contributed by atoms with van der Waals surface area (Å²) in [5.41, 5.74) is 1.97. The van der Waals surface area contributed by atoms with E-state index in [1.807, 2.05) is 40.9 Å². The molecule has 0 atom stereocenters. The first-order valence-electron chi connectivity index (χ1n) is 7.11. The minimum absolute atomic E-state index is 0.193. The van der Waals surface area contributed by atoms with Crippen molar-refractivity contribution in [1.29, 1.82) is 0 Å². The van der Waals surface area contributed by atoms with Crippen LogP contribution in [0.4, 0.5) is 0 Å². The minimum atomic E-state index is 0.193. The molecule has 0 bridgehead atoms. The summed E-state index contributed by atoms with van der Waals surface area (Å²) in [4.78, 5) is 14.7. The number of carbonyl (C=O) groups is 1. The second-order valence-electron chi connectivity index (χ2n) is 5.38. The van der Waals surface area contributed by atoms with E-state index in [1.165, 1.54) is 12.8 Å². The molecule has 0 spiro atoms. The molecule has 100 valence electrons. The van der Waals surface area contributed by atoms with Crippen LogP contribution in [-0.4, -0.2) is 28.5 Å². The number of benzene rings is 1. The van der Waals surface area contributed by atoms with Gasteiger partial charge in [-0.2, -0.15) is 0 Å². The molecule has 3 heteroatoms. The van der Waals surface area contributed by atoms with Crippen LogP contribution in [0.3, 0.4) is 0 Å². The lowest BCUT2D eigenvalue weighted by Crippen LogP contribution is -2.31. The Hall–Kier alpha value is -1.77. The van der Waals surface area contributed by atoms with Crippen molar-refractivity contribution in [3.05, 3.63) is 36.0 Å². The summed E-state index contributed by atoms with van der Waals surface area (Å²) < 4.78 is 2.04. The number of aryl methyl sites for hydroxylation is 1. The third-order valence-electron chi connectivity index (χ3n) is 4.02. The molecule has 1 amide bonds. The van der Waals surface area contributed by atoms with Crippen LogP contribution in [0.1, 0.15) is 36.0 Å². The molecule has 0 saturated carbocycles. The monoisotopic (exact) mass is 256 g/mol. The van der Waals surface area contributed by atoms with Gasteiger partial charge in [0.2, 0.25) is 0 Å². The highest BCUT2D eigenvalue weighted by Crippen LogP contribution is 2.23. The van der Waals surface area contributed by atoms with Gasteiger partial charge in [0.25, 0.3) is 5.91 Å². The molecule has 0 unspecified atom stereocenters. The van der Waals surface area contributed by atoms with E-state index in [9.17, 15) is 4.79 Å². The summed E-state index contributed by atoms with van der Waals surface area (Å²) in [6, 6.07) is 8.12. The molecule has 1 aromatic heterocycles. The summed E-state index contributed by atoms with van der Waals surface area (Å²) in [5.74, 6) is 0.193. The van der Waals surface area contributed by atoms with Gasteiger partial charge in [-0.25, -0.2) is 0 Å². The second-order valence-corrected chi connectivity index (χ2v) is 5.38. The van der Waals surface area contributed by atoms with E-state index < -0.39 is 0 Å². The maximum Gasteiger partial charge on any atom is 0.256 e. The van der Waals surface area contributed by atoms with Gasteiger partial charge in [-0.1, -0.05) is 31.0 Å². The molecule has 3 nitrogen and oxygen atoms in total. The summed E-state index contributed by atoms with van der Waals surface area (Å²) in [5, 5.41) is 1.07. The lowest BCUT2D eigenvalue weighted by molar-refractivity contribution is 0.0763. The maximum absolute atomic E-state index is 12.7. The van der Waals surface area contributed by atoms with Crippen LogP contribution in [0.2, 0.25) is 0 Å². The fourth-order valence-corrected chi connectivity index (χ4v) is 2.96. The van der Waals surface area contributed by atoms with E-state index in [4.69, 9.17) is 0 Å². The van der Waals surface area contributed by atoms with Crippen molar-refractivity contribution < 1.29 is 4.79 Å². The number of amides is 1. The highest BCUT2D eigenvalue weighted by atomic mass is 16.2. The van der Waals surface area contributed by atoms with E-state index in [0.717, 1.165) is 42.4 Å². The van der Waals surface area contributed by atoms with Gasteiger partial charge in [0.1, 0.15) is 0 Å². The summed E-state index contributed by atoms with van der Waals surface area (Å²) in [6.45, 7) is 1.81. The molecule has 2 aromatic rings. The summed E-state index contributed by atoms with van der Waals surface area (Å²) in [6.07, 6.45) is 6.74. The van der Waals surface area contributed by atoms with E-state index >= 15 is 0 Å². The molecule has 1 aliphatic heterocycles. The average Bonchev–Trinajstić information content (AvgIpc) is 2.64. The molecule has 0 radical (unpaired) electrons. The lowest BCUT2D eigenvalue weighted by atomic mass is 10.1. The van der Waals surface area contributed by atoms with Crippen molar-refractivity contribution >= 4 is 16.8 Å². The normalized spacial score (nSPS) is 16.6. The maximum atomic E-state index is 12.7. The van der Waals surface area contributed by atoms with Crippen LogP contribution in [0.5, 0.6) is 0 Å². The van der Waals surface area contributed by atoms with Crippen molar-refractivity contribution in [3.63, 3.8) is 0 Å². The van der Waals surface area contributed by atoms with Crippen LogP contribution in [-0.2, 0) is 7.05 Å². The predicted molar refractivity (Wildman–Crippen MR) is 77.3 cm³/mol. The molecule has 0 aliphatic carbocycles. The number of rotatable bonds is 1. The van der Waals surface area contributed by atoms with E-state index in [-0.39, 0.29) is 5.91 Å². The van der Waals surface area contributed by atoms with Gasteiger partial charge >= 0.3 is 0 Å². The average molecular weight is 256 g/mol. The van der Waals surface area contributed by atoms with E-state index in [0.29, 0.717) is 0 Å². The van der Waals surface area contributed by atoms with Gasteiger partial charge in [-0.15, -0.1) is 0 Å². The molecule has 1 aliphatic rings. The van der Waals surface area contributed by atoms with Crippen molar-refractivity contribution in [1.82, 2.24) is 9.47 Å². The molecule has 1 fully saturated rings. The first-order valence-corrected chi connectivity index (χ1v) is 7.11.